The SMILES string of the molecule is NCCCOC1CCN(C(=O)CCn2ccnn2)CC1. The number of hydrogen-bond acceptors (Lipinski definition) is 5. The molecule has 2 rings (SSSR count). The molecule has 0 radical (unpaired) electrons. The molecule has 0 spiro atoms. The van der Waals surface area contributed by atoms with Crippen LogP contribution in [0.15, 0.2) is 12.4 Å². The maximum atomic E-state index is 12.1. The first kappa shape index (κ1) is 14.9. The van der Waals surface area contributed by atoms with Crippen LogP contribution >= 0.6 is 0 Å². The van der Waals surface area contributed by atoms with Crippen LogP contribution in [-0.2, 0) is 16.1 Å². The molecule has 7 nitrogen and oxygen atoms in total. The highest BCUT2D eigenvalue weighted by atomic mass is 16.5. The first-order chi connectivity index (χ1) is 9.79. The molecule has 1 aromatic rings. The quantitative estimate of drug-likeness (QED) is 0.712. The zero-order valence-corrected chi connectivity index (χ0v) is 11.8. The summed E-state index contributed by atoms with van der Waals surface area (Å²) in [6.45, 7) is 3.54. The largest absolute Gasteiger partial charge is 0.378 e. The fourth-order valence-corrected chi connectivity index (χ4v) is 2.33. The van der Waals surface area contributed by atoms with E-state index in [0.29, 0.717) is 19.5 Å². The minimum atomic E-state index is 0.181. The van der Waals surface area contributed by atoms with Crippen LogP contribution in [0.1, 0.15) is 25.7 Å². The lowest BCUT2D eigenvalue weighted by molar-refractivity contribution is -0.134. The van der Waals surface area contributed by atoms with Gasteiger partial charge in [-0.25, -0.2) is 0 Å². The second-order valence-electron chi connectivity index (χ2n) is 5.01. The van der Waals surface area contributed by atoms with E-state index in [1.54, 1.807) is 17.1 Å². The summed E-state index contributed by atoms with van der Waals surface area (Å²) >= 11 is 0. The first-order valence-corrected chi connectivity index (χ1v) is 7.23. The Balaban J connectivity index is 1.64. The van der Waals surface area contributed by atoms with Gasteiger partial charge in [0.1, 0.15) is 0 Å². The van der Waals surface area contributed by atoms with E-state index in [-0.39, 0.29) is 12.0 Å². The summed E-state index contributed by atoms with van der Waals surface area (Å²) in [5, 5.41) is 7.57. The van der Waals surface area contributed by atoms with Crippen molar-refractivity contribution in [3.05, 3.63) is 12.4 Å². The molecule has 2 heterocycles. The Morgan fingerprint density at radius 1 is 1.40 bits per heavy atom. The number of rotatable bonds is 7. The molecule has 0 bridgehead atoms. The summed E-state index contributed by atoms with van der Waals surface area (Å²) in [5.74, 6) is 0.181. The van der Waals surface area contributed by atoms with E-state index in [1.807, 2.05) is 4.90 Å². The van der Waals surface area contributed by atoms with Crippen LogP contribution in [0.4, 0.5) is 0 Å². The molecule has 2 N–H and O–H groups in total. The van der Waals surface area contributed by atoms with Gasteiger partial charge in [0.15, 0.2) is 0 Å². The molecule has 1 saturated heterocycles. The molecule has 1 fully saturated rings. The third kappa shape index (κ3) is 4.57. The van der Waals surface area contributed by atoms with Gasteiger partial charge in [0.25, 0.3) is 0 Å². The average Bonchev–Trinajstić information content (AvgIpc) is 2.99. The zero-order chi connectivity index (χ0) is 14.2. The van der Waals surface area contributed by atoms with Gasteiger partial charge in [-0.2, -0.15) is 0 Å². The number of nitrogens with zero attached hydrogens (tertiary/aromatic N) is 4. The van der Waals surface area contributed by atoms with E-state index < -0.39 is 0 Å². The molecule has 112 valence electrons. The van der Waals surface area contributed by atoms with Crippen LogP contribution in [0.5, 0.6) is 0 Å². The van der Waals surface area contributed by atoms with Crippen molar-refractivity contribution >= 4 is 5.91 Å². The maximum Gasteiger partial charge on any atom is 0.224 e. The summed E-state index contributed by atoms with van der Waals surface area (Å²) in [5.41, 5.74) is 5.43. The van der Waals surface area contributed by atoms with Crippen molar-refractivity contribution in [2.45, 2.75) is 38.3 Å². The highest BCUT2D eigenvalue weighted by Gasteiger charge is 2.22. The normalized spacial score (nSPS) is 16.6. The number of aryl methyl sites for hydroxylation is 1. The Kier molecular flexibility index (Phi) is 5.94. The standard InChI is InChI=1S/C13H23N5O2/c14-5-1-11-20-12-2-7-17(8-3-12)13(19)4-9-18-10-6-15-16-18/h6,10,12H,1-5,7-9,11,14H2. The van der Waals surface area contributed by atoms with Gasteiger partial charge < -0.3 is 15.4 Å². The van der Waals surface area contributed by atoms with E-state index in [1.165, 1.54) is 0 Å². The summed E-state index contributed by atoms with van der Waals surface area (Å²) in [7, 11) is 0. The highest BCUT2D eigenvalue weighted by Crippen LogP contribution is 2.14. The van der Waals surface area contributed by atoms with Crippen molar-refractivity contribution in [1.29, 1.82) is 0 Å². The molecule has 1 aliphatic rings. The van der Waals surface area contributed by atoms with Gasteiger partial charge in [-0.3, -0.25) is 9.48 Å². The van der Waals surface area contributed by atoms with E-state index in [9.17, 15) is 4.79 Å². The van der Waals surface area contributed by atoms with Gasteiger partial charge >= 0.3 is 0 Å². The van der Waals surface area contributed by atoms with Gasteiger partial charge in [0.2, 0.25) is 5.91 Å². The number of aromatic nitrogens is 3. The molecular weight excluding hydrogens is 258 g/mol. The monoisotopic (exact) mass is 281 g/mol. The predicted molar refractivity (Wildman–Crippen MR) is 73.9 cm³/mol. The van der Waals surface area contributed by atoms with Gasteiger partial charge in [-0.05, 0) is 25.8 Å². The van der Waals surface area contributed by atoms with Crippen molar-refractivity contribution in [1.82, 2.24) is 19.9 Å². The number of piperidine rings is 1. The smallest absolute Gasteiger partial charge is 0.224 e. The molecule has 0 atom stereocenters. The lowest BCUT2D eigenvalue weighted by atomic mass is 10.1. The second-order valence-corrected chi connectivity index (χ2v) is 5.01. The minimum Gasteiger partial charge on any atom is -0.378 e. The Hall–Kier alpha value is -1.47. The molecule has 20 heavy (non-hydrogen) atoms. The van der Waals surface area contributed by atoms with E-state index in [4.69, 9.17) is 10.5 Å². The molecule has 7 heteroatoms. The third-order valence-corrected chi connectivity index (χ3v) is 3.52. The lowest BCUT2D eigenvalue weighted by Crippen LogP contribution is -2.41. The van der Waals surface area contributed by atoms with E-state index in [2.05, 4.69) is 10.3 Å². The Morgan fingerprint density at radius 3 is 2.85 bits per heavy atom. The van der Waals surface area contributed by atoms with Crippen LogP contribution in [0.2, 0.25) is 0 Å². The number of likely N-dealkylation sites (tertiary alicyclic amines) is 1. The predicted octanol–water partition coefficient (Wildman–Crippen LogP) is 0.0246. The van der Waals surface area contributed by atoms with Crippen LogP contribution in [0.3, 0.4) is 0 Å². The van der Waals surface area contributed by atoms with Crippen molar-refractivity contribution < 1.29 is 9.53 Å². The molecule has 0 aromatic carbocycles. The topological polar surface area (TPSA) is 86.3 Å². The van der Waals surface area contributed by atoms with Crippen molar-refractivity contribution in [3.63, 3.8) is 0 Å². The third-order valence-electron chi connectivity index (χ3n) is 3.52. The Morgan fingerprint density at radius 2 is 2.20 bits per heavy atom. The minimum absolute atomic E-state index is 0.181. The molecule has 1 aliphatic heterocycles. The van der Waals surface area contributed by atoms with Crippen molar-refractivity contribution in [2.24, 2.45) is 5.73 Å². The number of amides is 1. The summed E-state index contributed by atoms with van der Waals surface area (Å²) < 4.78 is 7.41. The lowest BCUT2D eigenvalue weighted by Gasteiger charge is -2.32. The van der Waals surface area contributed by atoms with Crippen LogP contribution < -0.4 is 5.73 Å². The van der Waals surface area contributed by atoms with Crippen LogP contribution in [0, 0.1) is 0 Å². The summed E-state index contributed by atoms with van der Waals surface area (Å²) in [6, 6.07) is 0. The van der Waals surface area contributed by atoms with Crippen molar-refractivity contribution in [3.8, 4) is 0 Å². The first-order valence-electron chi connectivity index (χ1n) is 7.23. The molecular formula is C13H23N5O2. The fraction of sp³-hybridized carbons (Fsp3) is 0.769. The van der Waals surface area contributed by atoms with Crippen molar-refractivity contribution in [2.75, 3.05) is 26.2 Å². The molecule has 0 unspecified atom stereocenters. The zero-order valence-electron chi connectivity index (χ0n) is 11.8. The number of carbonyl (C=O) groups excluding carboxylic acids is 1. The van der Waals surface area contributed by atoms with E-state index >= 15 is 0 Å². The van der Waals surface area contributed by atoms with Gasteiger partial charge in [0.05, 0.1) is 18.8 Å². The fourth-order valence-electron chi connectivity index (χ4n) is 2.33. The van der Waals surface area contributed by atoms with Crippen LogP contribution in [-0.4, -0.2) is 58.1 Å². The molecule has 0 saturated carbocycles. The van der Waals surface area contributed by atoms with Gasteiger partial charge in [0, 0.05) is 32.3 Å². The van der Waals surface area contributed by atoms with Gasteiger partial charge in [-0.1, -0.05) is 5.21 Å². The molecule has 1 aromatic heterocycles. The summed E-state index contributed by atoms with van der Waals surface area (Å²) in [6.07, 6.45) is 6.87. The van der Waals surface area contributed by atoms with Gasteiger partial charge in [-0.15, -0.1) is 5.10 Å². The number of carbonyl (C=O) groups is 1. The maximum absolute atomic E-state index is 12.1. The molecule has 0 aliphatic carbocycles. The Bertz CT molecular complexity index is 387. The number of nitrogens with two attached hydrogens (primary N) is 1. The summed E-state index contributed by atoms with van der Waals surface area (Å²) in [4.78, 5) is 14.0. The van der Waals surface area contributed by atoms with Crippen LogP contribution in [0.25, 0.3) is 0 Å². The molecule has 1 amide bonds. The average molecular weight is 281 g/mol. The second kappa shape index (κ2) is 7.96. The van der Waals surface area contributed by atoms with E-state index in [0.717, 1.165) is 39.0 Å². The Labute approximate surface area is 119 Å². The number of ether oxygens (including phenoxy) is 1. The number of hydrogen-bond donors (Lipinski definition) is 1. The highest BCUT2D eigenvalue weighted by molar-refractivity contribution is 5.76.